The summed E-state index contributed by atoms with van der Waals surface area (Å²) in [5.41, 5.74) is 2.44. The van der Waals surface area contributed by atoms with Crippen LogP contribution in [0.3, 0.4) is 0 Å². The van der Waals surface area contributed by atoms with Gasteiger partial charge in [0.05, 0.1) is 11.2 Å². The van der Waals surface area contributed by atoms with Crippen molar-refractivity contribution in [3.05, 3.63) is 60.2 Å². The van der Waals surface area contributed by atoms with Gasteiger partial charge >= 0.3 is 0 Å². The molecule has 2 saturated carbocycles. The maximum absolute atomic E-state index is 7.28. The number of hydrogen-bond acceptors (Lipinski definition) is 3. The van der Waals surface area contributed by atoms with Gasteiger partial charge in [0.15, 0.2) is 0 Å². The largest absolute Gasteiger partial charge is 0.369 e. The smallest absolute Gasteiger partial charge is 0.0696 e. The lowest BCUT2D eigenvalue weighted by Gasteiger charge is -2.43. The van der Waals surface area contributed by atoms with Gasteiger partial charge in [-0.1, -0.05) is 51.7 Å². The second-order valence-electron chi connectivity index (χ2n) is 9.60. The quantitative estimate of drug-likeness (QED) is 0.495. The van der Waals surface area contributed by atoms with Gasteiger partial charge in [-0.25, -0.2) is 0 Å². The molecule has 0 aliphatic heterocycles. The lowest BCUT2D eigenvalue weighted by Crippen LogP contribution is -2.43. The minimum absolute atomic E-state index is 0.0190. The van der Waals surface area contributed by atoms with Crippen molar-refractivity contribution in [2.75, 3.05) is 0 Å². The van der Waals surface area contributed by atoms with Crippen LogP contribution in [0.1, 0.15) is 101 Å². The minimum atomic E-state index is 0.0190. The number of pyridine rings is 2. The van der Waals surface area contributed by atoms with Gasteiger partial charge in [0.25, 0.3) is 0 Å². The monoisotopic (exact) mass is 392 g/mol. The second-order valence-corrected chi connectivity index (χ2v) is 9.60. The summed E-state index contributed by atoms with van der Waals surface area (Å²) in [5.74, 6) is 0.863. The Balaban J connectivity index is 1.51. The second kappa shape index (κ2) is 8.95. The maximum Gasteiger partial charge on any atom is 0.0696 e. The van der Waals surface area contributed by atoms with Crippen molar-refractivity contribution in [2.45, 2.75) is 101 Å². The van der Waals surface area contributed by atoms with E-state index in [4.69, 9.17) is 4.74 Å². The zero-order valence-corrected chi connectivity index (χ0v) is 18.1. The van der Waals surface area contributed by atoms with E-state index in [-0.39, 0.29) is 11.2 Å². The highest BCUT2D eigenvalue weighted by Gasteiger charge is 2.46. The van der Waals surface area contributed by atoms with E-state index in [0.29, 0.717) is 11.8 Å². The average molecular weight is 393 g/mol. The van der Waals surface area contributed by atoms with Crippen LogP contribution in [0.2, 0.25) is 0 Å². The molecule has 2 fully saturated rings. The normalized spacial score (nSPS) is 22.4. The fourth-order valence-corrected chi connectivity index (χ4v) is 5.85. The lowest BCUT2D eigenvalue weighted by atomic mass is 9.83. The first kappa shape index (κ1) is 20.5. The fraction of sp³-hybridized carbons (Fsp3) is 0.615. The summed E-state index contributed by atoms with van der Waals surface area (Å²) in [4.78, 5) is 9.25. The van der Waals surface area contributed by atoms with E-state index in [1.807, 2.05) is 24.5 Å². The van der Waals surface area contributed by atoms with Crippen LogP contribution in [0.25, 0.3) is 0 Å². The van der Waals surface area contributed by atoms with Crippen molar-refractivity contribution in [1.82, 2.24) is 9.97 Å². The lowest BCUT2D eigenvalue weighted by molar-refractivity contribution is -0.163. The predicted octanol–water partition coefficient (Wildman–Crippen LogP) is 6.81. The van der Waals surface area contributed by atoms with Crippen molar-refractivity contribution in [2.24, 2.45) is 0 Å². The Labute approximate surface area is 176 Å². The zero-order chi connectivity index (χ0) is 20.2. The number of hydrogen-bond donors (Lipinski definition) is 0. The van der Waals surface area contributed by atoms with E-state index >= 15 is 0 Å². The van der Waals surface area contributed by atoms with E-state index in [9.17, 15) is 0 Å². The first-order valence-electron chi connectivity index (χ1n) is 11.6. The number of rotatable bonds is 8. The van der Waals surface area contributed by atoms with Gasteiger partial charge in [0.2, 0.25) is 0 Å². The standard InChI is InChI=1S/C26H36N2O/c1-21(23-11-3-9-17-27-23)19-25(13-5-6-14-25)29-26(15-7-8-16-26)20-22(2)24-12-4-10-18-28-24/h3-4,9-12,17-18,21-22H,5-8,13-16,19-20H2,1-2H3. The van der Waals surface area contributed by atoms with Crippen molar-refractivity contribution in [3.63, 3.8) is 0 Å². The van der Waals surface area contributed by atoms with E-state index in [1.165, 1.54) is 62.8 Å². The topological polar surface area (TPSA) is 35.0 Å². The molecule has 2 aromatic heterocycles. The van der Waals surface area contributed by atoms with Gasteiger partial charge in [0, 0.05) is 35.6 Å². The molecule has 29 heavy (non-hydrogen) atoms. The zero-order valence-electron chi connectivity index (χ0n) is 18.1. The SMILES string of the molecule is CC(CC1(OC2(CC(C)c3ccccn3)CCCC2)CCCC1)c1ccccn1. The van der Waals surface area contributed by atoms with Crippen LogP contribution in [-0.2, 0) is 4.74 Å². The Morgan fingerprint density at radius 2 is 1.14 bits per heavy atom. The Morgan fingerprint density at radius 3 is 1.48 bits per heavy atom. The van der Waals surface area contributed by atoms with Crippen LogP contribution in [-0.4, -0.2) is 21.2 Å². The summed E-state index contributed by atoms with van der Waals surface area (Å²) in [6, 6.07) is 12.6. The molecule has 3 nitrogen and oxygen atoms in total. The summed E-state index contributed by atoms with van der Waals surface area (Å²) in [6.45, 7) is 4.65. The molecule has 0 N–H and O–H groups in total. The molecule has 0 spiro atoms. The van der Waals surface area contributed by atoms with Crippen molar-refractivity contribution in [3.8, 4) is 0 Å². The van der Waals surface area contributed by atoms with Gasteiger partial charge in [-0.05, 0) is 62.8 Å². The molecule has 0 radical (unpaired) electrons. The van der Waals surface area contributed by atoms with Gasteiger partial charge in [-0.15, -0.1) is 0 Å². The summed E-state index contributed by atoms with van der Waals surface area (Å²) in [5, 5.41) is 0. The molecule has 0 aromatic carbocycles. The third kappa shape index (κ3) is 4.88. The van der Waals surface area contributed by atoms with E-state index < -0.39 is 0 Å². The molecule has 4 rings (SSSR count). The summed E-state index contributed by atoms with van der Waals surface area (Å²) >= 11 is 0. The maximum atomic E-state index is 7.28. The molecule has 2 aromatic rings. The molecule has 0 amide bonds. The predicted molar refractivity (Wildman–Crippen MR) is 118 cm³/mol. The molecule has 2 heterocycles. The van der Waals surface area contributed by atoms with Crippen LogP contribution in [0.15, 0.2) is 48.8 Å². The molecular formula is C26H36N2O. The molecule has 156 valence electrons. The highest BCUT2D eigenvalue weighted by atomic mass is 16.5. The van der Waals surface area contributed by atoms with Gasteiger partial charge < -0.3 is 4.74 Å². The molecule has 0 saturated heterocycles. The van der Waals surface area contributed by atoms with Crippen LogP contribution in [0.5, 0.6) is 0 Å². The van der Waals surface area contributed by atoms with Gasteiger partial charge in [0.1, 0.15) is 0 Å². The van der Waals surface area contributed by atoms with E-state index in [1.54, 1.807) is 0 Å². The molecule has 2 unspecified atom stereocenters. The van der Waals surface area contributed by atoms with Crippen LogP contribution in [0, 0.1) is 0 Å². The summed E-state index contributed by atoms with van der Waals surface area (Å²) in [6.07, 6.45) is 16.0. The van der Waals surface area contributed by atoms with Crippen LogP contribution in [0.4, 0.5) is 0 Å². The summed E-state index contributed by atoms with van der Waals surface area (Å²) in [7, 11) is 0. The molecule has 2 aliphatic carbocycles. The number of aromatic nitrogens is 2. The van der Waals surface area contributed by atoms with Crippen molar-refractivity contribution < 1.29 is 4.74 Å². The first-order chi connectivity index (χ1) is 14.1. The Hall–Kier alpha value is -1.74. The number of nitrogens with zero attached hydrogens (tertiary/aromatic N) is 2. The molecular weight excluding hydrogens is 356 g/mol. The van der Waals surface area contributed by atoms with E-state index in [0.717, 1.165) is 12.8 Å². The number of ether oxygens (including phenoxy) is 1. The molecule has 0 bridgehead atoms. The molecule has 3 heteroatoms. The Morgan fingerprint density at radius 1 is 0.724 bits per heavy atom. The molecule has 2 aliphatic rings. The Bertz CT molecular complexity index is 683. The highest BCUT2D eigenvalue weighted by molar-refractivity contribution is 5.12. The van der Waals surface area contributed by atoms with Crippen LogP contribution < -0.4 is 0 Å². The average Bonchev–Trinajstić information content (AvgIpc) is 3.39. The van der Waals surface area contributed by atoms with E-state index in [2.05, 4.69) is 48.1 Å². The minimum Gasteiger partial charge on any atom is -0.369 e. The third-order valence-electron chi connectivity index (χ3n) is 7.20. The van der Waals surface area contributed by atoms with Gasteiger partial charge in [-0.2, -0.15) is 0 Å². The highest BCUT2D eigenvalue weighted by Crippen LogP contribution is 2.49. The molecule has 2 atom stereocenters. The van der Waals surface area contributed by atoms with Crippen molar-refractivity contribution >= 4 is 0 Å². The van der Waals surface area contributed by atoms with Crippen molar-refractivity contribution in [1.29, 1.82) is 0 Å². The van der Waals surface area contributed by atoms with Gasteiger partial charge in [-0.3, -0.25) is 9.97 Å². The first-order valence-corrected chi connectivity index (χ1v) is 11.6. The summed E-state index contributed by atoms with van der Waals surface area (Å²) < 4.78 is 7.28. The fourth-order valence-electron chi connectivity index (χ4n) is 5.85. The third-order valence-corrected chi connectivity index (χ3v) is 7.20. The van der Waals surface area contributed by atoms with Crippen LogP contribution >= 0.6 is 0 Å². The Kier molecular flexibility index (Phi) is 6.34.